The normalized spacial score (nSPS) is 10.9. The first kappa shape index (κ1) is 17.6. The van der Waals surface area contributed by atoms with E-state index in [-0.39, 0.29) is 5.91 Å². The molecule has 1 amide bonds. The van der Waals surface area contributed by atoms with Crippen LogP contribution in [0.1, 0.15) is 26.6 Å². The number of aromatic nitrogens is 2. The minimum absolute atomic E-state index is 0.188. The molecule has 4 aromatic rings. The minimum Gasteiger partial charge on any atom is -0.487 e. The van der Waals surface area contributed by atoms with Crippen molar-refractivity contribution in [2.24, 2.45) is 0 Å². The lowest BCUT2D eigenvalue weighted by atomic mass is 10.2. The zero-order valence-electron chi connectivity index (χ0n) is 14.9. The SMILES string of the molecule is Cc1ccc2nc(NC(=O)c3ccc(OCc4csc(C)n4)cc3)sc2c1. The molecule has 0 bridgehead atoms. The standard InChI is InChI=1S/C20H17N3O2S2/c1-12-3-8-17-18(9-12)27-20(22-17)23-19(24)14-4-6-16(7-5-14)25-10-15-11-26-13(2)21-15/h3-9,11H,10H2,1-2H3,(H,22,23,24). The molecular formula is C20H17N3O2S2. The van der Waals surface area contributed by atoms with Gasteiger partial charge in [-0.25, -0.2) is 9.97 Å². The second kappa shape index (κ2) is 7.46. The number of carbonyl (C=O) groups is 1. The number of amides is 1. The van der Waals surface area contributed by atoms with Gasteiger partial charge in [0.15, 0.2) is 5.13 Å². The number of aryl methyl sites for hydroxylation is 2. The second-order valence-electron chi connectivity index (χ2n) is 6.12. The first-order chi connectivity index (χ1) is 13.1. The lowest BCUT2D eigenvalue weighted by Gasteiger charge is -2.06. The largest absolute Gasteiger partial charge is 0.487 e. The van der Waals surface area contributed by atoms with E-state index >= 15 is 0 Å². The third-order valence-corrected chi connectivity index (χ3v) is 5.69. The highest BCUT2D eigenvalue weighted by Gasteiger charge is 2.10. The number of benzene rings is 2. The van der Waals surface area contributed by atoms with Crippen molar-refractivity contribution in [3.63, 3.8) is 0 Å². The Bertz CT molecular complexity index is 1100. The molecule has 0 saturated heterocycles. The highest BCUT2D eigenvalue weighted by molar-refractivity contribution is 7.22. The van der Waals surface area contributed by atoms with Crippen LogP contribution in [0.4, 0.5) is 5.13 Å². The molecule has 136 valence electrons. The van der Waals surface area contributed by atoms with Gasteiger partial charge in [-0.05, 0) is 55.8 Å². The number of nitrogens with one attached hydrogen (secondary N) is 1. The molecule has 0 aliphatic heterocycles. The molecule has 0 atom stereocenters. The predicted molar refractivity (Wildman–Crippen MR) is 110 cm³/mol. The number of hydrogen-bond donors (Lipinski definition) is 1. The Hall–Kier alpha value is -2.77. The Labute approximate surface area is 164 Å². The smallest absolute Gasteiger partial charge is 0.257 e. The maximum atomic E-state index is 12.5. The molecule has 1 N–H and O–H groups in total. The van der Waals surface area contributed by atoms with Gasteiger partial charge in [0, 0.05) is 10.9 Å². The van der Waals surface area contributed by atoms with Crippen molar-refractivity contribution in [1.29, 1.82) is 0 Å². The molecule has 2 heterocycles. The van der Waals surface area contributed by atoms with Crippen molar-refractivity contribution in [3.05, 3.63) is 69.7 Å². The fraction of sp³-hybridized carbons (Fsp3) is 0.150. The molecule has 0 aliphatic carbocycles. The predicted octanol–water partition coefficient (Wildman–Crippen LogP) is 5.20. The second-order valence-corrected chi connectivity index (χ2v) is 8.21. The number of thiazole rings is 2. The number of carbonyl (C=O) groups excluding carboxylic acids is 1. The minimum atomic E-state index is -0.188. The molecule has 2 aromatic heterocycles. The van der Waals surface area contributed by atoms with Crippen molar-refractivity contribution < 1.29 is 9.53 Å². The van der Waals surface area contributed by atoms with E-state index in [0.717, 1.165) is 20.9 Å². The quantitative estimate of drug-likeness (QED) is 0.504. The maximum absolute atomic E-state index is 12.5. The lowest BCUT2D eigenvalue weighted by molar-refractivity contribution is 0.102. The topological polar surface area (TPSA) is 64.1 Å². The highest BCUT2D eigenvalue weighted by atomic mass is 32.1. The summed E-state index contributed by atoms with van der Waals surface area (Å²) in [7, 11) is 0. The van der Waals surface area contributed by atoms with Crippen LogP contribution in [-0.2, 0) is 6.61 Å². The molecule has 27 heavy (non-hydrogen) atoms. The Morgan fingerprint density at radius 1 is 1.11 bits per heavy atom. The molecule has 0 radical (unpaired) electrons. The number of ether oxygens (including phenoxy) is 1. The van der Waals surface area contributed by atoms with E-state index in [1.54, 1.807) is 35.6 Å². The van der Waals surface area contributed by atoms with Crippen LogP contribution in [0.25, 0.3) is 10.2 Å². The average molecular weight is 396 g/mol. The van der Waals surface area contributed by atoms with Crippen molar-refractivity contribution in [2.45, 2.75) is 20.5 Å². The number of fused-ring (bicyclic) bond motifs is 1. The fourth-order valence-corrected chi connectivity index (χ4v) is 4.15. The molecule has 0 fully saturated rings. The van der Waals surface area contributed by atoms with Crippen molar-refractivity contribution >= 4 is 43.9 Å². The number of nitrogens with zero attached hydrogens (tertiary/aromatic N) is 2. The summed E-state index contributed by atoms with van der Waals surface area (Å²) in [4.78, 5) is 21.3. The molecule has 2 aromatic carbocycles. The summed E-state index contributed by atoms with van der Waals surface area (Å²) in [5.74, 6) is 0.514. The van der Waals surface area contributed by atoms with Gasteiger partial charge in [0.25, 0.3) is 5.91 Å². The summed E-state index contributed by atoms with van der Waals surface area (Å²) >= 11 is 3.07. The first-order valence-corrected chi connectivity index (χ1v) is 10.1. The van der Waals surface area contributed by atoms with Crippen LogP contribution in [0.2, 0.25) is 0 Å². The third kappa shape index (κ3) is 4.15. The van der Waals surface area contributed by atoms with E-state index in [1.165, 1.54) is 16.9 Å². The van der Waals surface area contributed by atoms with Crippen LogP contribution in [0, 0.1) is 13.8 Å². The van der Waals surface area contributed by atoms with E-state index in [2.05, 4.69) is 21.4 Å². The molecule has 7 heteroatoms. The van der Waals surface area contributed by atoms with Gasteiger partial charge >= 0.3 is 0 Å². The average Bonchev–Trinajstić information content (AvgIpc) is 3.25. The molecule has 0 aliphatic rings. The monoisotopic (exact) mass is 395 g/mol. The molecule has 5 nitrogen and oxygen atoms in total. The maximum Gasteiger partial charge on any atom is 0.257 e. The zero-order valence-corrected chi connectivity index (χ0v) is 16.5. The van der Waals surface area contributed by atoms with E-state index in [9.17, 15) is 4.79 Å². The van der Waals surface area contributed by atoms with Gasteiger partial charge < -0.3 is 4.74 Å². The summed E-state index contributed by atoms with van der Waals surface area (Å²) in [5, 5.41) is 6.47. The molecule has 0 unspecified atom stereocenters. The Morgan fingerprint density at radius 3 is 2.67 bits per heavy atom. The van der Waals surface area contributed by atoms with E-state index < -0.39 is 0 Å². The first-order valence-electron chi connectivity index (χ1n) is 8.39. The van der Waals surface area contributed by atoms with Crippen molar-refractivity contribution in [2.75, 3.05) is 5.32 Å². The van der Waals surface area contributed by atoms with Gasteiger partial charge in [0.2, 0.25) is 0 Å². The molecule has 4 rings (SSSR count). The van der Waals surface area contributed by atoms with Gasteiger partial charge in [0.05, 0.1) is 20.9 Å². The number of anilines is 1. The third-order valence-electron chi connectivity index (χ3n) is 3.93. The fourth-order valence-electron chi connectivity index (χ4n) is 2.59. The van der Waals surface area contributed by atoms with E-state index in [0.29, 0.717) is 23.1 Å². The summed E-state index contributed by atoms with van der Waals surface area (Å²) < 4.78 is 6.77. The number of rotatable bonds is 5. The van der Waals surface area contributed by atoms with Gasteiger partial charge in [-0.3, -0.25) is 10.1 Å². The van der Waals surface area contributed by atoms with Gasteiger partial charge in [-0.2, -0.15) is 0 Å². The molecule has 0 saturated carbocycles. The van der Waals surface area contributed by atoms with E-state index in [1.807, 2.05) is 31.4 Å². The Kier molecular flexibility index (Phi) is 4.87. The van der Waals surface area contributed by atoms with Crippen LogP contribution < -0.4 is 10.1 Å². The van der Waals surface area contributed by atoms with Crippen LogP contribution >= 0.6 is 22.7 Å². The van der Waals surface area contributed by atoms with Crippen LogP contribution in [0.5, 0.6) is 5.75 Å². The summed E-state index contributed by atoms with van der Waals surface area (Å²) in [6.07, 6.45) is 0. The summed E-state index contributed by atoms with van der Waals surface area (Å²) in [6, 6.07) is 13.1. The summed E-state index contributed by atoms with van der Waals surface area (Å²) in [5.41, 5.74) is 3.53. The zero-order chi connectivity index (χ0) is 18.8. The Morgan fingerprint density at radius 2 is 1.93 bits per heavy atom. The van der Waals surface area contributed by atoms with Crippen LogP contribution in [-0.4, -0.2) is 15.9 Å². The summed E-state index contributed by atoms with van der Waals surface area (Å²) in [6.45, 7) is 4.42. The highest BCUT2D eigenvalue weighted by Crippen LogP contribution is 2.27. The van der Waals surface area contributed by atoms with Gasteiger partial charge in [-0.1, -0.05) is 17.4 Å². The molecule has 0 spiro atoms. The lowest BCUT2D eigenvalue weighted by Crippen LogP contribution is -2.11. The van der Waals surface area contributed by atoms with E-state index in [4.69, 9.17) is 4.74 Å². The molecular weight excluding hydrogens is 378 g/mol. The van der Waals surface area contributed by atoms with Crippen LogP contribution in [0.3, 0.4) is 0 Å². The van der Waals surface area contributed by atoms with Gasteiger partial charge in [0.1, 0.15) is 12.4 Å². The number of hydrogen-bond acceptors (Lipinski definition) is 6. The van der Waals surface area contributed by atoms with Crippen molar-refractivity contribution in [1.82, 2.24) is 9.97 Å². The van der Waals surface area contributed by atoms with Crippen molar-refractivity contribution in [3.8, 4) is 5.75 Å². The van der Waals surface area contributed by atoms with Gasteiger partial charge in [-0.15, -0.1) is 11.3 Å². The Balaban J connectivity index is 1.40. The van der Waals surface area contributed by atoms with Crippen LogP contribution in [0.15, 0.2) is 47.8 Å².